The number of rotatable bonds is 5. The number of halogens is 2. The molecule has 0 saturated heterocycles. The van der Waals surface area contributed by atoms with Gasteiger partial charge in [-0.15, -0.1) is 0 Å². The minimum absolute atomic E-state index is 0.264. The molecule has 0 aromatic heterocycles. The van der Waals surface area contributed by atoms with E-state index in [0.29, 0.717) is 13.0 Å². The Balaban J connectivity index is 2.27. The summed E-state index contributed by atoms with van der Waals surface area (Å²) in [6.45, 7) is 2.36. The van der Waals surface area contributed by atoms with Crippen molar-refractivity contribution in [2.75, 3.05) is 18.5 Å². The van der Waals surface area contributed by atoms with E-state index in [1.165, 1.54) is 24.3 Å². The topological polar surface area (TPSA) is 29.3 Å². The molecule has 0 aliphatic rings. The Morgan fingerprint density at radius 3 is 2.24 bits per heavy atom. The zero-order valence-electron chi connectivity index (χ0n) is 12.3. The highest BCUT2D eigenvalue weighted by Crippen LogP contribution is 2.26. The first-order valence-electron chi connectivity index (χ1n) is 6.88. The number of nitrogens with two attached hydrogens (primary N) is 1. The van der Waals surface area contributed by atoms with Crippen molar-refractivity contribution in [1.29, 1.82) is 0 Å². The summed E-state index contributed by atoms with van der Waals surface area (Å²) in [5.41, 5.74) is 7.13. The van der Waals surface area contributed by atoms with Crippen LogP contribution in [0.3, 0.4) is 0 Å². The van der Waals surface area contributed by atoms with E-state index in [1.54, 1.807) is 12.1 Å². The fourth-order valence-electron chi connectivity index (χ4n) is 2.41. The lowest BCUT2D eigenvalue weighted by Gasteiger charge is -2.40. The molecule has 0 heterocycles. The van der Waals surface area contributed by atoms with E-state index in [1.807, 2.05) is 31.0 Å². The third-order valence-corrected chi connectivity index (χ3v) is 3.92. The summed E-state index contributed by atoms with van der Waals surface area (Å²) in [6.07, 6.45) is 0.578. The van der Waals surface area contributed by atoms with Gasteiger partial charge in [0.25, 0.3) is 0 Å². The van der Waals surface area contributed by atoms with Crippen LogP contribution in [0.25, 0.3) is 0 Å². The molecule has 112 valence electrons. The molecule has 2 nitrogen and oxygen atoms in total. The molecular weight excluding hydrogens is 270 g/mol. The summed E-state index contributed by atoms with van der Waals surface area (Å²) in [5, 5.41) is 0. The minimum atomic E-state index is -0.429. The number of benzene rings is 2. The fourth-order valence-corrected chi connectivity index (χ4v) is 2.41. The molecule has 0 radical (unpaired) electrons. The zero-order chi connectivity index (χ0) is 15.5. The SMILES string of the molecule is CN(c1cccc(F)c1)C(C)(CN)Cc1cccc(F)c1. The molecule has 0 saturated carbocycles. The Labute approximate surface area is 124 Å². The predicted molar refractivity (Wildman–Crippen MR) is 82.4 cm³/mol. The van der Waals surface area contributed by atoms with Crippen molar-refractivity contribution in [1.82, 2.24) is 0 Å². The zero-order valence-corrected chi connectivity index (χ0v) is 12.3. The summed E-state index contributed by atoms with van der Waals surface area (Å²) >= 11 is 0. The summed E-state index contributed by atoms with van der Waals surface area (Å²) in [6, 6.07) is 12.9. The molecular formula is C17H20F2N2. The average molecular weight is 290 g/mol. The quantitative estimate of drug-likeness (QED) is 0.915. The molecule has 0 amide bonds. The lowest BCUT2D eigenvalue weighted by molar-refractivity contribution is 0.448. The van der Waals surface area contributed by atoms with Gasteiger partial charge in [0.05, 0.1) is 5.54 Å². The van der Waals surface area contributed by atoms with Gasteiger partial charge in [-0.2, -0.15) is 0 Å². The number of likely N-dealkylation sites (N-methyl/N-ethyl adjacent to an activating group) is 1. The van der Waals surface area contributed by atoms with Crippen molar-refractivity contribution in [3.8, 4) is 0 Å². The van der Waals surface area contributed by atoms with Gasteiger partial charge < -0.3 is 10.6 Å². The second kappa shape index (κ2) is 6.22. The Morgan fingerprint density at radius 2 is 1.67 bits per heavy atom. The van der Waals surface area contributed by atoms with Gasteiger partial charge in [0, 0.05) is 19.3 Å². The summed E-state index contributed by atoms with van der Waals surface area (Å²) < 4.78 is 26.7. The standard InChI is InChI=1S/C17H20F2N2/c1-17(12-20,11-13-5-3-6-14(18)9-13)21(2)16-8-4-7-15(19)10-16/h3-10H,11-12,20H2,1-2H3. The third kappa shape index (κ3) is 3.58. The van der Waals surface area contributed by atoms with Gasteiger partial charge in [-0.05, 0) is 49.2 Å². The molecule has 2 aromatic rings. The van der Waals surface area contributed by atoms with Crippen molar-refractivity contribution >= 4 is 5.69 Å². The molecule has 0 aliphatic carbocycles. The molecule has 0 spiro atoms. The maximum atomic E-state index is 13.4. The van der Waals surface area contributed by atoms with Crippen LogP contribution in [0.5, 0.6) is 0 Å². The molecule has 1 atom stereocenters. The number of hydrogen-bond acceptors (Lipinski definition) is 2. The van der Waals surface area contributed by atoms with Crippen LogP contribution < -0.4 is 10.6 Å². The Kier molecular flexibility index (Phi) is 4.58. The lowest BCUT2D eigenvalue weighted by Crippen LogP contribution is -2.51. The van der Waals surface area contributed by atoms with Crippen molar-refractivity contribution in [2.24, 2.45) is 5.73 Å². The highest BCUT2D eigenvalue weighted by molar-refractivity contribution is 5.49. The van der Waals surface area contributed by atoms with Crippen LogP contribution in [0.2, 0.25) is 0 Å². The molecule has 2 aromatic carbocycles. The number of anilines is 1. The molecule has 1 unspecified atom stereocenters. The van der Waals surface area contributed by atoms with Crippen molar-refractivity contribution in [2.45, 2.75) is 18.9 Å². The number of nitrogens with zero attached hydrogens (tertiary/aromatic N) is 1. The van der Waals surface area contributed by atoms with E-state index < -0.39 is 5.54 Å². The Hall–Kier alpha value is -1.94. The first-order chi connectivity index (χ1) is 9.94. The van der Waals surface area contributed by atoms with Gasteiger partial charge in [-0.25, -0.2) is 8.78 Å². The maximum Gasteiger partial charge on any atom is 0.125 e. The third-order valence-electron chi connectivity index (χ3n) is 3.92. The van der Waals surface area contributed by atoms with E-state index in [9.17, 15) is 8.78 Å². The Bertz CT molecular complexity index is 615. The van der Waals surface area contributed by atoms with Crippen LogP contribution in [0, 0.1) is 11.6 Å². The van der Waals surface area contributed by atoms with E-state index in [-0.39, 0.29) is 11.6 Å². The van der Waals surface area contributed by atoms with E-state index in [4.69, 9.17) is 5.73 Å². The largest absolute Gasteiger partial charge is 0.368 e. The van der Waals surface area contributed by atoms with Gasteiger partial charge in [0.1, 0.15) is 11.6 Å². The fraction of sp³-hybridized carbons (Fsp3) is 0.294. The smallest absolute Gasteiger partial charge is 0.125 e. The molecule has 0 bridgehead atoms. The first kappa shape index (κ1) is 15.4. The Morgan fingerprint density at radius 1 is 1.05 bits per heavy atom. The number of hydrogen-bond donors (Lipinski definition) is 1. The van der Waals surface area contributed by atoms with Crippen molar-refractivity contribution in [3.63, 3.8) is 0 Å². The molecule has 2 N–H and O–H groups in total. The summed E-state index contributed by atoms with van der Waals surface area (Å²) in [5.74, 6) is -0.551. The van der Waals surface area contributed by atoms with Crippen LogP contribution in [-0.2, 0) is 6.42 Å². The van der Waals surface area contributed by atoms with Crippen LogP contribution >= 0.6 is 0 Å². The van der Waals surface area contributed by atoms with Gasteiger partial charge >= 0.3 is 0 Å². The lowest BCUT2D eigenvalue weighted by atomic mass is 9.90. The van der Waals surface area contributed by atoms with Crippen LogP contribution in [0.15, 0.2) is 48.5 Å². The van der Waals surface area contributed by atoms with Gasteiger partial charge in [-0.3, -0.25) is 0 Å². The summed E-state index contributed by atoms with van der Waals surface area (Å²) in [7, 11) is 1.88. The van der Waals surface area contributed by atoms with E-state index in [0.717, 1.165) is 11.3 Å². The second-order valence-electron chi connectivity index (χ2n) is 5.55. The van der Waals surface area contributed by atoms with Crippen LogP contribution in [-0.4, -0.2) is 19.1 Å². The molecule has 21 heavy (non-hydrogen) atoms. The maximum absolute atomic E-state index is 13.4. The average Bonchev–Trinajstić information content (AvgIpc) is 2.46. The second-order valence-corrected chi connectivity index (χ2v) is 5.55. The van der Waals surface area contributed by atoms with Gasteiger partial charge in [0.2, 0.25) is 0 Å². The molecule has 2 rings (SSSR count). The van der Waals surface area contributed by atoms with Crippen molar-refractivity contribution in [3.05, 3.63) is 65.7 Å². The highest BCUT2D eigenvalue weighted by atomic mass is 19.1. The highest BCUT2D eigenvalue weighted by Gasteiger charge is 2.28. The van der Waals surface area contributed by atoms with E-state index >= 15 is 0 Å². The normalized spacial score (nSPS) is 13.8. The van der Waals surface area contributed by atoms with Gasteiger partial charge in [0.15, 0.2) is 0 Å². The minimum Gasteiger partial charge on any atom is -0.368 e. The predicted octanol–water partition coefficient (Wildman–Crippen LogP) is 3.36. The summed E-state index contributed by atoms with van der Waals surface area (Å²) in [4.78, 5) is 1.95. The van der Waals surface area contributed by atoms with Crippen molar-refractivity contribution < 1.29 is 8.78 Å². The molecule has 4 heteroatoms. The molecule has 0 fully saturated rings. The van der Waals surface area contributed by atoms with Crippen LogP contribution in [0.1, 0.15) is 12.5 Å². The van der Waals surface area contributed by atoms with Gasteiger partial charge in [-0.1, -0.05) is 18.2 Å². The van der Waals surface area contributed by atoms with Crippen LogP contribution in [0.4, 0.5) is 14.5 Å². The monoisotopic (exact) mass is 290 g/mol. The molecule has 0 aliphatic heterocycles. The van der Waals surface area contributed by atoms with E-state index in [2.05, 4.69) is 0 Å². The first-order valence-corrected chi connectivity index (χ1v) is 6.88.